The minimum atomic E-state index is -0.300. The lowest BCUT2D eigenvalue weighted by Gasteiger charge is -2.39. The van der Waals surface area contributed by atoms with E-state index >= 15 is 0 Å². The van der Waals surface area contributed by atoms with Gasteiger partial charge in [-0.1, -0.05) is 20.8 Å². The van der Waals surface area contributed by atoms with Gasteiger partial charge in [0.2, 0.25) is 0 Å². The average molecular weight is 251 g/mol. The third-order valence-electron chi connectivity index (χ3n) is 4.01. The van der Waals surface area contributed by atoms with E-state index in [-0.39, 0.29) is 29.0 Å². The predicted octanol–water partition coefficient (Wildman–Crippen LogP) is 2.53. The summed E-state index contributed by atoms with van der Waals surface area (Å²) in [4.78, 5) is 15.1. The monoisotopic (exact) mass is 251 g/mol. The molecule has 2 aliphatic rings. The highest BCUT2D eigenvalue weighted by atomic mass is 16.1. The fraction of sp³-hybridized carbons (Fsp3) is 0.929. The molecule has 0 aromatic heterocycles. The Kier molecular flexibility index (Phi) is 3.13. The maximum Gasteiger partial charge on any atom is 0.155 e. The summed E-state index contributed by atoms with van der Waals surface area (Å²) in [5, 5.41) is 8.45. The van der Waals surface area contributed by atoms with Gasteiger partial charge in [-0.05, 0) is 20.8 Å². The Hall–Kier alpha value is -0.770. The van der Waals surface area contributed by atoms with Crippen molar-refractivity contribution < 1.29 is 4.79 Å². The van der Waals surface area contributed by atoms with Crippen LogP contribution < -0.4 is 0 Å². The molecule has 2 rings (SSSR count). The molecule has 2 heterocycles. The molecular formula is C14H25N3O. The number of azo groups is 1. The fourth-order valence-corrected chi connectivity index (χ4v) is 2.95. The molecule has 0 radical (unpaired) electrons. The van der Waals surface area contributed by atoms with Gasteiger partial charge < -0.3 is 0 Å². The van der Waals surface area contributed by atoms with E-state index < -0.39 is 0 Å². The van der Waals surface area contributed by atoms with Crippen LogP contribution in [-0.4, -0.2) is 41.4 Å². The molecule has 4 nitrogen and oxygen atoms in total. The van der Waals surface area contributed by atoms with E-state index in [0.717, 1.165) is 6.54 Å². The SMILES string of the molecule is CC(C)(C)C(=O)C1C2CN=NC2CN1C(C)(C)C. The van der Waals surface area contributed by atoms with Crippen molar-refractivity contribution in [2.75, 3.05) is 13.1 Å². The van der Waals surface area contributed by atoms with E-state index in [1.54, 1.807) is 0 Å². The van der Waals surface area contributed by atoms with E-state index in [2.05, 4.69) is 35.9 Å². The Morgan fingerprint density at radius 3 is 2.28 bits per heavy atom. The molecule has 3 unspecified atom stereocenters. The predicted molar refractivity (Wildman–Crippen MR) is 71.7 cm³/mol. The van der Waals surface area contributed by atoms with Gasteiger partial charge in [0.05, 0.1) is 18.6 Å². The van der Waals surface area contributed by atoms with Crippen molar-refractivity contribution in [3.8, 4) is 0 Å². The molecule has 0 aliphatic carbocycles. The summed E-state index contributed by atoms with van der Waals surface area (Å²) in [5.41, 5.74) is -0.295. The van der Waals surface area contributed by atoms with Crippen LogP contribution >= 0.6 is 0 Å². The highest BCUT2D eigenvalue weighted by molar-refractivity contribution is 5.89. The van der Waals surface area contributed by atoms with Gasteiger partial charge in [0.25, 0.3) is 0 Å². The zero-order valence-electron chi connectivity index (χ0n) is 12.4. The zero-order valence-corrected chi connectivity index (χ0v) is 12.4. The first kappa shape index (κ1) is 13.7. The topological polar surface area (TPSA) is 45.0 Å². The number of Topliss-reactive ketones (excluding diaryl/α,β-unsaturated/α-hetero) is 1. The molecule has 1 fully saturated rings. The summed E-state index contributed by atoms with van der Waals surface area (Å²) in [6, 6.07) is 0.200. The Morgan fingerprint density at radius 1 is 1.17 bits per heavy atom. The number of rotatable bonds is 1. The Morgan fingerprint density at radius 2 is 1.78 bits per heavy atom. The van der Waals surface area contributed by atoms with Gasteiger partial charge in [0.1, 0.15) is 0 Å². The highest BCUT2D eigenvalue weighted by Gasteiger charge is 2.52. The minimum Gasteiger partial charge on any atom is -0.297 e. The lowest BCUT2D eigenvalue weighted by Crippen LogP contribution is -2.52. The van der Waals surface area contributed by atoms with Gasteiger partial charge in [-0.25, -0.2) is 0 Å². The summed E-state index contributed by atoms with van der Waals surface area (Å²) >= 11 is 0. The maximum absolute atomic E-state index is 12.7. The van der Waals surface area contributed by atoms with Crippen molar-refractivity contribution in [2.24, 2.45) is 21.6 Å². The number of hydrogen-bond donors (Lipinski definition) is 0. The Labute approximate surface area is 110 Å². The van der Waals surface area contributed by atoms with Crippen LogP contribution in [0.3, 0.4) is 0 Å². The third-order valence-corrected chi connectivity index (χ3v) is 4.01. The van der Waals surface area contributed by atoms with Crippen molar-refractivity contribution in [3.63, 3.8) is 0 Å². The Bertz CT molecular complexity index is 375. The van der Waals surface area contributed by atoms with Crippen molar-refractivity contribution >= 4 is 5.78 Å². The van der Waals surface area contributed by atoms with E-state index in [1.807, 2.05) is 20.8 Å². The molecular weight excluding hydrogens is 226 g/mol. The van der Waals surface area contributed by atoms with Gasteiger partial charge >= 0.3 is 0 Å². The van der Waals surface area contributed by atoms with Crippen LogP contribution in [0.5, 0.6) is 0 Å². The van der Waals surface area contributed by atoms with E-state index in [0.29, 0.717) is 12.3 Å². The number of carbonyl (C=O) groups is 1. The second kappa shape index (κ2) is 4.12. The first-order valence-corrected chi connectivity index (χ1v) is 6.80. The normalized spacial score (nSPS) is 32.9. The maximum atomic E-state index is 12.7. The molecule has 0 aromatic carbocycles. The van der Waals surface area contributed by atoms with Crippen molar-refractivity contribution in [1.82, 2.24) is 4.90 Å². The highest BCUT2D eigenvalue weighted by Crippen LogP contribution is 2.39. The fourth-order valence-electron chi connectivity index (χ4n) is 2.95. The summed E-state index contributed by atoms with van der Waals surface area (Å²) in [5.74, 6) is 0.619. The summed E-state index contributed by atoms with van der Waals surface area (Å²) in [7, 11) is 0. The van der Waals surface area contributed by atoms with Crippen LogP contribution in [0.25, 0.3) is 0 Å². The molecule has 1 saturated heterocycles. The van der Waals surface area contributed by atoms with Crippen molar-refractivity contribution in [2.45, 2.75) is 59.2 Å². The number of ketones is 1. The molecule has 0 spiro atoms. The van der Waals surface area contributed by atoms with E-state index in [4.69, 9.17) is 0 Å². The molecule has 0 amide bonds. The number of fused-ring (bicyclic) bond motifs is 1. The quantitative estimate of drug-likeness (QED) is 0.719. The number of likely N-dealkylation sites (tertiary alicyclic amines) is 1. The molecule has 102 valence electrons. The van der Waals surface area contributed by atoms with Gasteiger partial charge in [-0.3, -0.25) is 9.69 Å². The van der Waals surface area contributed by atoms with E-state index in [9.17, 15) is 4.79 Å². The largest absolute Gasteiger partial charge is 0.297 e. The van der Waals surface area contributed by atoms with Crippen LogP contribution in [0.2, 0.25) is 0 Å². The van der Waals surface area contributed by atoms with Crippen LogP contribution in [0.1, 0.15) is 41.5 Å². The van der Waals surface area contributed by atoms with Crippen LogP contribution in [0.15, 0.2) is 10.2 Å². The number of hydrogen-bond acceptors (Lipinski definition) is 4. The van der Waals surface area contributed by atoms with Gasteiger partial charge in [0, 0.05) is 23.4 Å². The summed E-state index contributed by atoms with van der Waals surface area (Å²) < 4.78 is 0. The van der Waals surface area contributed by atoms with Gasteiger partial charge in [-0.15, -0.1) is 0 Å². The lowest BCUT2D eigenvalue weighted by atomic mass is 9.80. The molecule has 0 saturated carbocycles. The molecule has 0 aromatic rings. The van der Waals surface area contributed by atoms with Crippen molar-refractivity contribution in [3.05, 3.63) is 0 Å². The lowest BCUT2D eigenvalue weighted by molar-refractivity contribution is -0.133. The zero-order chi connectivity index (χ0) is 13.7. The van der Waals surface area contributed by atoms with E-state index in [1.165, 1.54) is 0 Å². The van der Waals surface area contributed by atoms with Crippen LogP contribution in [-0.2, 0) is 4.79 Å². The second-order valence-electron chi connectivity index (χ2n) is 7.55. The minimum absolute atomic E-state index is 0.00539. The Balaban J connectivity index is 2.31. The molecule has 0 bridgehead atoms. The average Bonchev–Trinajstić information content (AvgIpc) is 2.71. The first-order valence-electron chi connectivity index (χ1n) is 6.80. The molecule has 2 aliphatic heterocycles. The van der Waals surface area contributed by atoms with Gasteiger partial charge in [-0.2, -0.15) is 10.2 Å². The smallest absolute Gasteiger partial charge is 0.155 e. The third kappa shape index (κ3) is 2.22. The molecule has 3 atom stereocenters. The summed E-state index contributed by atoms with van der Waals surface area (Å²) in [6.45, 7) is 14.1. The van der Waals surface area contributed by atoms with Crippen LogP contribution in [0, 0.1) is 11.3 Å². The number of nitrogens with zero attached hydrogens (tertiary/aromatic N) is 3. The summed E-state index contributed by atoms with van der Waals surface area (Å²) in [6.07, 6.45) is 0. The molecule has 0 N–H and O–H groups in total. The number of carbonyl (C=O) groups excluding carboxylic acids is 1. The molecule has 4 heteroatoms. The standard InChI is InChI=1S/C14H25N3O/c1-13(2,3)12(18)11-9-7-15-16-10(9)8-17(11)14(4,5)6/h9-11H,7-8H2,1-6H3. The van der Waals surface area contributed by atoms with Gasteiger partial charge in [0.15, 0.2) is 5.78 Å². The van der Waals surface area contributed by atoms with Crippen LogP contribution in [0.4, 0.5) is 0 Å². The van der Waals surface area contributed by atoms with Crippen molar-refractivity contribution in [1.29, 1.82) is 0 Å². The second-order valence-corrected chi connectivity index (χ2v) is 7.55. The molecule has 18 heavy (non-hydrogen) atoms. The first-order chi connectivity index (χ1) is 8.12.